The van der Waals surface area contributed by atoms with Crippen molar-refractivity contribution in [1.82, 2.24) is 19.5 Å². The zero-order chi connectivity index (χ0) is 24.9. The first-order valence-electron chi connectivity index (χ1n) is 11.6. The van der Waals surface area contributed by atoms with Crippen LogP contribution in [0.4, 0.5) is 28.8 Å². The fourth-order valence-electron chi connectivity index (χ4n) is 4.10. The predicted molar refractivity (Wildman–Crippen MR) is 143 cm³/mol. The summed E-state index contributed by atoms with van der Waals surface area (Å²) in [6.45, 7) is 0.392. The predicted octanol–water partition coefficient (Wildman–Crippen LogP) is 4.93. The third kappa shape index (κ3) is 4.77. The molecule has 3 heterocycles. The second-order valence-corrected chi connectivity index (χ2v) is 8.15. The summed E-state index contributed by atoms with van der Waals surface area (Å²) in [7, 11) is 3.63. The normalized spacial score (nSPS) is 10.9. The molecule has 0 saturated heterocycles. The van der Waals surface area contributed by atoms with Crippen molar-refractivity contribution in [2.24, 2.45) is 7.05 Å². The average molecular weight is 482 g/mol. The summed E-state index contributed by atoms with van der Waals surface area (Å²) < 4.78 is 7.75. The van der Waals surface area contributed by atoms with Crippen molar-refractivity contribution in [3.05, 3.63) is 79.3 Å². The number of anilines is 5. The molecule has 0 aliphatic rings. The lowest BCUT2D eigenvalue weighted by Crippen LogP contribution is -2.09. The molecule has 3 aromatic heterocycles. The van der Waals surface area contributed by atoms with Crippen molar-refractivity contribution in [3.63, 3.8) is 0 Å². The summed E-state index contributed by atoms with van der Waals surface area (Å²) in [6, 6.07) is 19.6. The number of rotatable bonds is 9. The van der Waals surface area contributed by atoms with Gasteiger partial charge in [0.1, 0.15) is 11.6 Å². The fourth-order valence-corrected chi connectivity index (χ4v) is 4.10. The van der Waals surface area contributed by atoms with Crippen LogP contribution in [0, 0.1) is 0 Å². The van der Waals surface area contributed by atoms with Crippen LogP contribution >= 0.6 is 0 Å². The van der Waals surface area contributed by atoms with E-state index >= 15 is 0 Å². The average Bonchev–Trinajstić information content (AvgIpc) is 3.25. The lowest BCUT2D eigenvalue weighted by molar-refractivity contribution is 0.311. The smallest absolute Gasteiger partial charge is 0.227 e. The number of aliphatic hydroxyl groups excluding tert-OH is 1. The number of nitrogens with zero attached hydrogens (tertiary/aromatic N) is 4. The van der Waals surface area contributed by atoms with Crippen molar-refractivity contribution in [2.45, 2.75) is 0 Å². The van der Waals surface area contributed by atoms with Gasteiger partial charge in [0.2, 0.25) is 5.95 Å². The third-order valence-electron chi connectivity index (χ3n) is 5.77. The standard InChI is InChI=1S/C27H27N7O2/c1-34-17-19(18-7-3-4-8-24(18)34)20-10-12-30-27(32-20)33-23-15-22(31-26-9-5-6-11-29-26)21(28-13-14-35)16-25(23)36-2/h3-12,15-17,28,35H,13-14H2,1-2H3,(H,29,31)(H,30,32,33). The Labute approximate surface area is 208 Å². The molecule has 0 atom stereocenters. The van der Waals surface area contributed by atoms with Gasteiger partial charge in [-0.2, -0.15) is 0 Å². The molecular weight excluding hydrogens is 454 g/mol. The van der Waals surface area contributed by atoms with Gasteiger partial charge < -0.3 is 30.4 Å². The Hall–Kier alpha value is -4.63. The minimum atomic E-state index is 0.000143. The van der Waals surface area contributed by atoms with Gasteiger partial charge in [0.15, 0.2) is 0 Å². The van der Waals surface area contributed by atoms with E-state index < -0.39 is 0 Å². The number of para-hydroxylation sites is 1. The number of methoxy groups -OCH3 is 1. The molecule has 5 aromatic rings. The number of nitrogens with one attached hydrogen (secondary N) is 3. The minimum absolute atomic E-state index is 0.000143. The van der Waals surface area contributed by atoms with Crippen LogP contribution < -0.4 is 20.7 Å². The first-order chi connectivity index (χ1) is 17.7. The van der Waals surface area contributed by atoms with Gasteiger partial charge in [-0.15, -0.1) is 0 Å². The van der Waals surface area contributed by atoms with Crippen molar-refractivity contribution in [3.8, 4) is 17.0 Å². The van der Waals surface area contributed by atoms with Crippen LogP contribution in [-0.2, 0) is 7.05 Å². The van der Waals surface area contributed by atoms with E-state index in [2.05, 4.69) is 48.8 Å². The molecule has 4 N–H and O–H groups in total. The molecule has 0 unspecified atom stereocenters. The van der Waals surface area contributed by atoms with E-state index in [1.54, 1.807) is 19.5 Å². The van der Waals surface area contributed by atoms with Crippen LogP contribution in [0.5, 0.6) is 5.75 Å². The number of fused-ring (bicyclic) bond motifs is 1. The van der Waals surface area contributed by atoms with Gasteiger partial charge in [-0.25, -0.2) is 15.0 Å². The summed E-state index contributed by atoms with van der Waals surface area (Å²) in [5.74, 6) is 1.73. The fraction of sp³-hybridized carbons (Fsp3) is 0.148. The van der Waals surface area contributed by atoms with Crippen molar-refractivity contribution in [1.29, 1.82) is 0 Å². The maximum absolute atomic E-state index is 9.31. The van der Waals surface area contributed by atoms with Gasteiger partial charge in [0.25, 0.3) is 0 Å². The van der Waals surface area contributed by atoms with Crippen LogP contribution in [0.1, 0.15) is 0 Å². The van der Waals surface area contributed by atoms with Crippen LogP contribution in [0.15, 0.2) is 79.3 Å². The van der Waals surface area contributed by atoms with Crippen molar-refractivity contribution in [2.75, 3.05) is 36.2 Å². The Morgan fingerprint density at radius 2 is 1.78 bits per heavy atom. The number of pyridine rings is 1. The zero-order valence-electron chi connectivity index (χ0n) is 20.1. The van der Waals surface area contributed by atoms with Crippen molar-refractivity contribution < 1.29 is 9.84 Å². The van der Waals surface area contributed by atoms with E-state index in [1.165, 1.54) is 0 Å². The Morgan fingerprint density at radius 1 is 0.917 bits per heavy atom. The zero-order valence-corrected chi connectivity index (χ0v) is 20.1. The van der Waals surface area contributed by atoms with E-state index in [9.17, 15) is 5.11 Å². The Balaban J connectivity index is 1.51. The molecule has 182 valence electrons. The molecule has 0 aliphatic carbocycles. The lowest BCUT2D eigenvalue weighted by Gasteiger charge is -2.18. The molecule has 5 rings (SSSR count). The maximum atomic E-state index is 9.31. The number of hydrogen-bond donors (Lipinski definition) is 4. The minimum Gasteiger partial charge on any atom is -0.494 e. The van der Waals surface area contributed by atoms with Crippen LogP contribution in [0.2, 0.25) is 0 Å². The quantitative estimate of drug-likeness (QED) is 0.235. The highest BCUT2D eigenvalue weighted by molar-refractivity contribution is 5.95. The van der Waals surface area contributed by atoms with E-state index in [-0.39, 0.29) is 6.61 Å². The summed E-state index contributed by atoms with van der Waals surface area (Å²) >= 11 is 0. The number of aromatic nitrogens is 4. The van der Waals surface area contributed by atoms with Gasteiger partial charge in [-0.05, 0) is 30.3 Å². The first-order valence-corrected chi connectivity index (χ1v) is 11.6. The van der Waals surface area contributed by atoms with E-state index in [4.69, 9.17) is 9.72 Å². The second-order valence-electron chi connectivity index (χ2n) is 8.15. The monoisotopic (exact) mass is 481 g/mol. The highest BCUT2D eigenvalue weighted by atomic mass is 16.5. The molecule has 0 bridgehead atoms. The highest BCUT2D eigenvalue weighted by Gasteiger charge is 2.14. The molecule has 0 aliphatic heterocycles. The highest BCUT2D eigenvalue weighted by Crippen LogP contribution is 2.37. The number of aliphatic hydroxyl groups is 1. The van der Waals surface area contributed by atoms with E-state index in [1.807, 2.05) is 55.6 Å². The first kappa shape index (κ1) is 23.1. The van der Waals surface area contributed by atoms with Crippen LogP contribution in [0.25, 0.3) is 22.2 Å². The topological polar surface area (TPSA) is 109 Å². The Kier molecular flexibility index (Phi) is 6.63. The molecule has 0 saturated carbocycles. The molecule has 36 heavy (non-hydrogen) atoms. The number of ether oxygens (including phenoxy) is 1. The van der Waals surface area contributed by atoms with Crippen LogP contribution in [0.3, 0.4) is 0 Å². The molecular formula is C27H27N7O2. The molecule has 0 radical (unpaired) electrons. The van der Waals surface area contributed by atoms with Gasteiger partial charge in [0.05, 0.1) is 36.5 Å². The van der Waals surface area contributed by atoms with Gasteiger partial charge in [-0.3, -0.25) is 0 Å². The molecule has 0 amide bonds. The Morgan fingerprint density at radius 3 is 2.58 bits per heavy atom. The van der Waals surface area contributed by atoms with Gasteiger partial charge >= 0.3 is 0 Å². The lowest BCUT2D eigenvalue weighted by atomic mass is 10.1. The SMILES string of the molecule is COc1cc(NCCO)c(Nc2ccccn2)cc1Nc1nccc(-c2cn(C)c3ccccc23)n1. The second kappa shape index (κ2) is 10.3. The van der Waals surface area contributed by atoms with Gasteiger partial charge in [-0.1, -0.05) is 24.3 Å². The summed E-state index contributed by atoms with van der Waals surface area (Å²) in [4.78, 5) is 13.6. The number of benzene rings is 2. The number of hydrogen-bond acceptors (Lipinski definition) is 8. The molecule has 2 aromatic carbocycles. The van der Waals surface area contributed by atoms with E-state index in [0.29, 0.717) is 29.7 Å². The van der Waals surface area contributed by atoms with Crippen molar-refractivity contribution >= 4 is 39.7 Å². The number of aryl methyl sites for hydroxylation is 1. The molecule has 0 spiro atoms. The van der Waals surface area contributed by atoms with E-state index in [0.717, 1.165) is 33.5 Å². The maximum Gasteiger partial charge on any atom is 0.227 e. The Bertz CT molecular complexity index is 1480. The third-order valence-corrected chi connectivity index (χ3v) is 5.77. The summed E-state index contributed by atoms with van der Waals surface area (Å²) in [5, 5.41) is 20.3. The van der Waals surface area contributed by atoms with Crippen LogP contribution in [-0.4, -0.2) is 44.9 Å². The molecule has 0 fully saturated rings. The largest absolute Gasteiger partial charge is 0.494 e. The molecule has 9 heteroatoms. The van der Waals surface area contributed by atoms with Gasteiger partial charge in [0, 0.05) is 54.7 Å². The summed E-state index contributed by atoms with van der Waals surface area (Å²) in [6.07, 6.45) is 5.54. The summed E-state index contributed by atoms with van der Waals surface area (Å²) in [5.41, 5.74) is 5.19. The molecule has 9 nitrogen and oxygen atoms in total.